The smallest absolute Gasteiger partial charge is 0.327 e. The Morgan fingerprint density at radius 2 is 2.47 bits per heavy atom. The fraction of sp³-hybridized carbons (Fsp3) is 0.600. The van der Waals surface area contributed by atoms with Crippen LogP contribution in [0, 0.1) is 0 Å². The van der Waals surface area contributed by atoms with Gasteiger partial charge in [0.1, 0.15) is 6.04 Å². The zero-order chi connectivity index (χ0) is 13.7. The van der Waals surface area contributed by atoms with Gasteiger partial charge in [0, 0.05) is 31.0 Å². The lowest BCUT2D eigenvalue weighted by Gasteiger charge is -2.32. The first kappa shape index (κ1) is 13.7. The van der Waals surface area contributed by atoms with Crippen LogP contribution in [-0.2, 0) is 11.2 Å². The second-order valence-corrected chi connectivity index (χ2v) is 5.10. The summed E-state index contributed by atoms with van der Waals surface area (Å²) < 4.78 is 4.57. The average Bonchev–Trinajstić information content (AvgIpc) is 2.91. The van der Waals surface area contributed by atoms with Crippen molar-refractivity contribution >= 4 is 23.8 Å². The van der Waals surface area contributed by atoms with E-state index in [1.807, 2.05) is 0 Å². The van der Waals surface area contributed by atoms with E-state index in [4.69, 9.17) is 5.11 Å². The summed E-state index contributed by atoms with van der Waals surface area (Å²) in [5.41, 5.74) is 0. The molecule has 0 saturated carbocycles. The van der Waals surface area contributed by atoms with Crippen LogP contribution in [0.25, 0.3) is 0 Å². The lowest BCUT2D eigenvalue weighted by Crippen LogP contribution is -2.54. The summed E-state index contributed by atoms with van der Waals surface area (Å²) >= 11 is 1.54. The molecule has 1 aromatic rings. The summed E-state index contributed by atoms with van der Waals surface area (Å²) in [6, 6.07) is -1.12. The molecule has 0 spiro atoms. The largest absolute Gasteiger partial charge is 0.480 e. The summed E-state index contributed by atoms with van der Waals surface area (Å²) in [6.45, 7) is 0.782. The number of rotatable bonds is 4. The van der Waals surface area contributed by atoms with Crippen LogP contribution in [0.1, 0.15) is 5.82 Å². The Hall–Kier alpha value is -1.77. The number of carbonyl (C=O) groups is 2. The first-order valence-electron chi connectivity index (χ1n) is 5.78. The molecule has 1 saturated heterocycles. The summed E-state index contributed by atoms with van der Waals surface area (Å²) in [5, 5.41) is 15.4. The number of nitrogens with one attached hydrogen (secondary N) is 1. The molecule has 2 heterocycles. The van der Waals surface area contributed by atoms with Crippen molar-refractivity contribution in [3.05, 3.63) is 12.2 Å². The lowest BCUT2D eigenvalue weighted by atomic mass is 10.3. The van der Waals surface area contributed by atoms with Crippen LogP contribution in [0.2, 0.25) is 0 Å². The van der Waals surface area contributed by atoms with Crippen molar-refractivity contribution in [2.24, 2.45) is 0 Å². The summed E-state index contributed by atoms with van der Waals surface area (Å²) in [5.74, 6) is 0.708. The molecule has 8 nitrogen and oxygen atoms in total. The maximum absolute atomic E-state index is 11.9. The van der Waals surface area contributed by atoms with Crippen molar-refractivity contribution in [3.63, 3.8) is 0 Å². The average molecular weight is 286 g/mol. The van der Waals surface area contributed by atoms with Crippen molar-refractivity contribution in [1.29, 1.82) is 0 Å². The normalized spacial score (nSPS) is 19.2. The highest BCUT2D eigenvalue weighted by atomic mass is 32.2. The first-order chi connectivity index (χ1) is 9.18. The van der Waals surface area contributed by atoms with Gasteiger partial charge in [0.2, 0.25) is 6.39 Å². The minimum Gasteiger partial charge on any atom is -0.480 e. The molecule has 9 heteroatoms. The predicted octanol–water partition coefficient (Wildman–Crippen LogP) is -0.176. The monoisotopic (exact) mass is 286 g/mol. The number of carboxylic acids is 1. The number of hydrogen-bond acceptors (Lipinski definition) is 6. The van der Waals surface area contributed by atoms with Gasteiger partial charge in [-0.3, -0.25) is 0 Å². The van der Waals surface area contributed by atoms with Gasteiger partial charge in [0.15, 0.2) is 5.82 Å². The van der Waals surface area contributed by atoms with Crippen LogP contribution in [0.4, 0.5) is 4.79 Å². The van der Waals surface area contributed by atoms with E-state index >= 15 is 0 Å². The third-order valence-corrected chi connectivity index (χ3v) is 3.73. The Kier molecular flexibility index (Phi) is 4.61. The van der Waals surface area contributed by atoms with Gasteiger partial charge in [-0.05, 0) is 0 Å². The van der Waals surface area contributed by atoms with E-state index in [1.54, 1.807) is 0 Å². The maximum Gasteiger partial charge on any atom is 0.327 e. The number of amides is 2. The number of aromatic nitrogens is 2. The van der Waals surface area contributed by atoms with Crippen LogP contribution >= 0.6 is 11.8 Å². The Morgan fingerprint density at radius 1 is 1.63 bits per heavy atom. The molecule has 0 bridgehead atoms. The van der Waals surface area contributed by atoms with E-state index in [2.05, 4.69) is 20.0 Å². The summed E-state index contributed by atoms with van der Waals surface area (Å²) in [6.07, 6.45) is 1.67. The molecular formula is C10H14N4O4S. The van der Waals surface area contributed by atoms with Gasteiger partial charge in [-0.25, -0.2) is 9.59 Å². The van der Waals surface area contributed by atoms with Crippen LogP contribution in [0.5, 0.6) is 0 Å². The van der Waals surface area contributed by atoms with E-state index < -0.39 is 12.0 Å². The van der Waals surface area contributed by atoms with Gasteiger partial charge in [0.05, 0.1) is 0 Å². The molecule has 1 aliphatic rings. The number of nitrogens with zero attached hydrogens (tertiary/aromatic N) is 3. The molecule has 1 fully saturated rings. The molecule has 0 aliphatic carbocycles. The van der Waals surface area contributed by atoms with E-state index in [1.165, 1.54) is 23.1 Å². The number of carboxylic acid groups (broad SMARTS) is 1. The molecule has 1 aromatic heterocycles. The Bertz CT molecular complexity index is 439. The van der Waals surface area contributed by atoms with Crippen LogP contribution in [0.15, 0.2) is 10.9 Å². The van der Waals surface area contributed by atoms with Crippen molar-refractivity contribution in [2.75, 3.05) is 24.6 Å². The predicted molar refractivity (Wildman–Crippen MR) is 66.9 cm³/mol. The Labute approximate surface area is 113 Å². The van der Waals surface area contributed by atoms with E-state index in [-0.39, 0.29) is 6.03 Å². The highest BCUT2D eigenvalue weighted by Crippen LogP contribution is 2.16. The minimum absolute atomic E-state index is 0.342. The lowest BCUT2D eigenvalue weighted by molar-refractivity contribution is -0.141. The molecule has 1 atom stereocenters. The van der Waals surface area contributed by atoms with Gasteiger partial charge in [-0.1, -0.05) is 5.16 Å². The molecule has 1 unspecified atom stereocenters. The highest BCUT2D eigenvalue weighted by Gasteiger charge is 2.32. The SMILES string of the molecule is O=C(O)C1CSCCN1C(=O)NCCc1ncon1. The molecule has 2 rings (SSSR count). The number of thioether (sulfide) groups is 1. The molecule has 0 radical (unpaired) electrons. The van der Waals surface area contributed by atoms with E-state index in [0.29, 0.717) is 31.1 Å². The van der Waals surface area contributed by atoms with Crippen LogP contribution in [-0.4, -0.2) is 62.8 Å². The number of carbonyl (C=O) groups excluding carboxylic acids is 1. The number of urea groups is 1. The first-order valence-corrected chi connectivity index (χ1v) is 6.94. The maximum atomic E-state index is 11.9. The zero-order valence-corrected chi connectivity index (χ0v) is 10.9. The van der Waals surface area contributed by atoms with Crippen LogP contribution < -0.4 is 5.32 Å². The third kappa shape index (κ3) is 3.60. The van der Waals surface area contributed by atoms with Gasteiger partial charge in [-0.15, -0.1) is 0 Å². The highest BCUT2D eigenvalue weighted by molar-refractivity contribution is 7.99. The topological polar surface area (TPSA) is 109 Å². The zero-order valence-electron chi connectivity index (χ0n) is 10.1. The van der Waals surface area contributed by atoms with Crippen molar-refractivity contribution in [1.82, 2.24) is 20.4 Å². The van der Waals surface area contributed by atoms with Gasteiger partial charge in [-0.2, -0.15) is 16.7 Å². The molecule has 19 heavy (non-hydrogen) atoms. The quantitative estimate of drug-likeness (QED) is 0.790. The van der Waals surface area contributed by atoms with Gasteiger partial charge in [0.25, 0.3) is 0 Å². The fourth-order valence-corrected chi connectivity index (χ4v) is 2.77. The number of hydrogen-bond donors (Lipinski definition) is 2. The molecule has 1 aliphatic heterocycles. The Morgan fingerprint density at radius 3 is 3.16 bits per heavy atom. The molecule has 0 aromatic carbocycles. The molecule has 2 N–H and O–H groups in total. The Balaban J connectivity index is 1.82. The molecule has 104 valence electrons. The van der Waals surface area contributed by atoms with E-state index in [0.717, 1.165) is 5.75 Å². The van der Waals surface area contributed by atoms with Gasteiger partial charge < -0.3 is 19.8 Å². The van der Waals surface area contributed by atoms with Crippen molar-refractivity contribution in [2.45, 2.75) is 12.5 Å². The van der Waals surface area contributed by atoms with Crippen molar-refractivity contribution < 1.29 is 19.2 Å². The fourth-order valence-electron chi connectivity index (χ4n) is 1.74. The van der Waals surface area contributed by atoms with Crippen LogP contribution in [0.3, 0.4) is 0 Å². The molecular weight excluding hydrogens is 272 g/mol. The minimum atomic E-state index is -0.972. The van der Waals surface area contributed by atoms with Gasteiger partial charge >= 0.3 is 12.0 Å². The number of aliphatic carboxylic acids is 1. The second-order valence-electron chi connectivity index (χ2n) is 3.95. The summed E-state index contributed by atoms with van der Waals surface area (Å²) in [4.78, 5) is 28.2. The molecule has 2 amide bonds. The van der Waals surface area contributed by atoms with E-state index in [9.17, 15) is 9.59 Å². The van der Waals surface area contributed by atoms with Crippen molar-refractivity contribution in [3.8, 4) is 0 Å². The standard InChI is InChI=1S/C10H14N4O4S/c15-9(16)7-5-19-4-3-14(7)10(17)11-2-1-8-12-6-18-13-8/h6-7H,1-5H2,(H,11,17)(H,15,16). The third-order valence-electron chi connectivity index (χ3n) is 2.71. The summed E-state index contributed by atoms with van der Waals surface area (Å²) in [7, 11) is 0. The second kappa shape index (κ2) is 6.41.